The van der Waals surface area contributed by atoms with E-state index in [2.05, 4.69) is 0 Å². The quantitative estimate of drug-likeness (QED) is 0.467. The first kappa shape index (κ1) is 22.2. The van der Waals surface area contributed by atoms with Crippen LogP contribution >= 0.6 is 0 Å². The first-order valence-electron chi connectivity index (χ1n) is 9.11. The van der Waals surface area contributed by atoms with Gasteiger partial charge in [-0.2, -0.15) is 0 Å². The minimum absolute atomic E-state index is 0.0352. The summed E-state index contributed by atoms with van der Waals surface area (Å²) in [5, 5.41) is 17.6. The number of unbranched alkanes of at least 4 members (excludes halogenated alkanes) is 8. The van der Waals surface area contributed by atoms with E-state index in [9.17, 15) is 18.0 Å². The van der Waals surface area contributed by atoms with Crippen molar-refractivity contribution in [2.45, 2.75) is 69.1 Å². The lowest BCUT2D eigenvalue weighted by Crippen LogP contribution is -2.12. The molecule has 0 radical (unpaired) electrons. The standard InChI is InChI=1S/C19H28O6S/c20-18(21)14-8-6-4-2-1-3-5-7-11-15-26(24,25)17-13-10-9-12-16(17)19(22)23/h9-10,12-13H,1-8,11,14-15H2,(H,20,21)(H,22,23). The molecule has 0 saturated carbocycles. The molecule has 1 rings (SSSR count). The number of carbonyl (C=O) groups is 2. The molecule has 0 heterocycles. The number of aromatic carboxylic acids is 1. The lowest BCUT2D eigenvalue weighted by atomic mass is 10.1. The van der Waals surface area contributed by atoms with Gasteiger partial charge in [0.05, 0.1) is 16.2 Å². The molecule has 0 saturated heterocycles. The topological polar surface area (TPSA) is 109 Å². The Morgan fingerprint density at radius 2 is 1.27 bits per heavy atom. The van der Waals surface area contributed by atoms with E-state index >= 15 is 0 Å². The molecule has 0 fully saturated rings. The molecule has 0 spiro atoms. The molecule has 0 aliphatic rings. The largest absolute Gasteiger partial charge is 0.481 e. The Balaban J connectivity index is 2.20. The zero-order valence-corrected chi connectivity index (χ0v) is 15.8. The van der Waals surface area contributed by atoms with Crippen molar-refractivity contribution in [3.8, 4) is 0 Å². The lowest BCUT2D eigenvalue weighted by molar-refractivity contribution is -0.137. The highest BCUT2D eigenvalue weighted by Crippen LogP contribution is 2.19. The van der Waals surface area contributed by atoms with Gasteiger partial charge in [0.1, 0.15) is 0 Å². The third kappa shape index (κ3) is 8.47. The van der Waals surface area contributed by atoms with Crippen molar-refractivity contribution in [1.82, 2.24) is 0 Å². The van der Waals surface area contributed by atoms with Crippen LogP contribution in [0.3, 0.4) is 0 Å². The van der Waals surface area contributed by atoms with E-state index in [4.69, 9.17) is 10.2 Å². The minimum atomic E-state index is -3.58. The van der Waals surface area contributed by atoms with Gasteiger partial charge in [0.2, 0.25) is 0 Å². The van der Waals surface area contributed by atoms with E-state index in [1.165, 1.54) is 24.3 Å². The van der Waals surface area contributed by atoms with Gasteiger partial charge in [-0.15, -0.1) is 0 Å². The Morgan fingerprint density at radius 1 is 0.769 bits per heavy atom. The molecule has 0 atom stereocenters. The van der Waals surface area contributed by atoms with Crippen LogP contribution in [0.4, 0.5) is 0 Å². The number of rotatable bonds is 14. The molecular formula is C19H28O6S. The Labute approximate surface area is 155 Å². The molecule has 0 aromatic heterocycles. The molecule has 26 heavy (non-hydrogen) atoms. The average molecular weight is 384 g/mol. The highest BCUT2D eigenvalue weighted by Gasteiger charge is 2.21. The zero-order valence-electron chi connectivity index (χ0n) is 15.0. The summed E-state index contributed by atoms with van der Waals surface area (Å²) in [5.74, 6) is -2.01. The average Bonchev–Trinajstić information content (AvgIpc) is 2.59. The highest BCUT2D eigenvalue weighted by molar-refractivity contribution is 7.91. The number of hydrogen-bond acceptors (Lipinski definition) is 4. The first-order chi connectivity index (χ1) is 12.3. The van der Waals surface area contributed by atoms with Gasteiger partial charge in [-0.05, 0) is 25.0 Å². The third-order valence-electron chi connectivity index (χ3n) is 4.26. The molecule has 2 N–H and O–H groups in total. The second-order valence-corrected chi connectivity index (χ2v) is 8.52. The first-order valence-corrected chi connectivity index (χ1v) is 10.8. The summed E-state index contributed by atoms with van der Waals surface area (Å²) in [4.78, 5) is 21.4. The van der Waals surface area contributed by atoms with Gasteiger partial charge >= 0.3 is 11.9 Å². The normalized spacial score (nSPS) is 11.4. The van der Waals surface area contributed by atoms with Crippen molar-refractivity contribution in [2.75, 3.05) is 5.75 Å². The van der Waals surface area contributed by atoms with E-state index in [-0.39, 0.29) is 22.6 Å². The molecule has 0 amide bonds. The van der Waals surface area contributed by atoms with Crippen molar-refractivity contribution < 1.29 is 28.2 Å². The van der Waals surface area contributed by atoms with Crippen LogP contribution in [-0.4, -0.2) is 36.3 Å². The van der Waals surface area contributed by atoms with E-state index in [0.29, 0.717) is 6.42 Å². The Morgan fingerprint density at radius 3 is 1.81 bits per heavy atom. The fourth-order valence-corrected chi connectivity index (χ4v) is 4.41. The number of sulfone groups is 1. The molecular weight excluding hydrogens is 356 g/mol. The molecule has 1 aromatic carbocycles. The van der Waals surface area contributed by atoms with Crippen LogP contribution in [0.25, 0.3) is 0 Å². The number of hydrogen-bond donors (Lipinski definition) is 2. The summed E-state index contributed by atoms with van der Waals surface area (Å²) in [7, 11) is -3.58. The smallest absolute Gasteiger partial charge is 0.337 e. The van der Waals surface area contributed by atoms with E-state index in [0.717, 1.165) is 51.4 Å². The van der Waals surface area contributed by atoms with Gasteiger partial charge in [0.15, 0.2) is 9.84 Å². The summed E-state index contributed by atoms with van der Waals surface area (Å²) in [6.07, 6.45) is 8.38. The van der Waals surface area contributed by atoms with Gasteiger partial charge in [0.25, 0.3) is 0 Å². The van der Waals surface area contributed by atoms with Crippen LogP contribution in [0, 0.1) is 0 Å². The number of carboxylic acid groups (broad SMARTS) is 2. The van der Waals surface area contributed by atoms with Gasteiger partial charge in [0, 0.05) is 6.42 Å². The second kappa shape index (κ2) is 11.7. The van der Waals surface area contributed by atoms with Crippen molar-refractivity contribution in [1.29, 1.82) is 0 Å². The maximum atomic E-state index is 12.3. The van der Waals surface area contributed by atoms with Crippen LogP contribution in [0.15, 0.2) is 29.2 Å². The summed E-state index contributed by atoms with van der Waals surface area (Å²) in [6.45, 7) is 0. The summed E-state index contributed by atoms with van der Waals surface area (Å²) >= 11 is 0. The maximum Gasteiger partial charge on any atom is 0.337 e. The molecule has 0 aliphatic carbocycles. The van der Waals surface area contributed by atoms with Gasteiger partial charge in [-0.25, -0.2) is 13.2 Å². The third-order valence-corrected chi connectivity index (χ3v) is 6.11. The molecule has 1 aromatic rings. The molecule has 6 nitrogen and oxygen atoms in total. The summed E-state index contributed by atoms with van der Waals surface area (Å²) in [5.41, 5.74) is -0.171. The van der Waals surface area contributed by atoms with Gasteiger partial charge in [-0.1, -0.05) is 57.1 Å². The monoisotopic (exact) mass is 384 g/mol. The van der Waals surface area contributed by atoms with Crippen LogP contribution in [-0.2, 0) is 14.6 Å². The van der Waals surface area contributed by atoms with Crippen LogP contribution in [0.2, 0.25) is 0 Å². The van der Waals surface area contributed by atoms with Gasteiger partial charge < -0.3 is 10.2 Å². The Kier molecular flexibility index (Phi) is 9.95. The fraction of sp³-hybridized carbons (Fsp3) is 0.579. The van der Waals surface area contributed by atoms with E-state index in [1.54, 1.807) is 0 Å². The SMILES string of the molecule is O=C(O)CCCCCCCCCCCS(=O)(=O)c1ccccc1C(=O)O. The Hall–Kier alpha value is -1.89. The second-order valence-electron chi connectivity index (χ2n) is 6.45. The van der Waals surface area contributed by atoms with Crippen molar-refractivity contribution >= 4 is 21.8 Å². The van der Waals surface area contributed by atoms with Gasteiger partial charge in [-0.3, -0.25) is 4.79 Å². The lowest BCUT2D eigenvalue weighted by Gasteiger charge is -2.07. The number of carboxylic acids is 2. The van der Waals surface area contributed by atoms with Crippen molar-refractivity contribution in [3.63, 3.8) is 0 Å². The Bertz CT molecular complexity index is 681. The molecule has 146 valence electrons. The molecule has 7 heteroatoms. The predicted octanol–water partition coefficient (Wildman–Crippen LogP) is 4.14. The van der Waals surface area contributed by atoms with E-state index in [1.807, 2.05) is 0 Å². The van der Waals surface area contributed by atoms with Crippen LogP contribution in [0.1, 0.15) is 74.6 Å². The maximum absolute atomic E-state index is 12.3. The van der Waals surface area contributed by atoms with Crippen molar-refractivity contribution in [3.05, 3.63) is 29.8 Å². The molecule has 0 aliphatic heterocycles. The zero-order chi connectivity index (χ0) is 19.4. The minimum Gasteiger partial charge on any atom is -0.481 e. The van der Waals surface area contributed by atoms with Crippen molar-refractivity contribution in [2.24, 2.45) is 0 Å². The number of aliphatic carboxylic acids is 1. The van der Waals surface area contributed by atoms with E-state index < -0.39 is 21.8 Å². The predicted molar refractivity (Wildman–Crippen MR) is 99.3 cm³/mol. The summed E-state index contributed by atoms with van der Waals surface area (Å²) < 4.78 is 24.7. The fourth-order valence-electron chi connectivity index (χ4n) is 2.83. The number of benzene rings is 1. The molecule has 0 bridgehead atoms. The van der Waals surface area contributed by atoms with Crippen LogP contribution in [0.5, 0.6) is 0 Å². The highest BCUT2D eigenvalue weighted by atomic mass is 32.2. The summed E-state index contributed by atoms with van der Waals surface area (Å²) in [6, 6.07) is 5.72. The molecule has 0 unspecified atom stereocenters. The van der Waals surface area contributed by atoms with Crippen LogP contribution < -0.4 is 0 Å².